The predicted octanol–water partition coefficient (Wildman–Crippen LogP) is 4.36. The molecule has 0 saturated heterocycles. The van der Waals surface area contributed by atoms with E-state index in [1.165, 1.54) is 19.3 Å². The molecular weight excluding hydrogens is 438 g/mol. The van der Waals surface area contributed by atoms with Gasteiger partial charge < -0.3 is 9.47 Å². The van der Waals surface area contributed by atoms with Crippen molar-refractivity contribution in [2.45, 2.75) is 37.0 Å². The molecule has 1 fully saturated rings. The fraction of sp³-hybridized carbons (Fsp3) is 0.632. The largest absolute Gasteiger partial charge is 0.383 e. The van der Waals surface area contributed by atoms with Crippen LogP contribution in [0.4, 0.5) is 0 Å². The third-order valence-electron chi connectivity index (χ3n) is 4.66. The molecule has 0 bridgehead atoms. The van der Waals surface area contributed by atoms with Crippen molar-refractivity contribution in [3.05, 3.63) is 34.3 Å². The molecule has 26 heavy (non-hydrogen) atoms. The summed E-state index contributed by atoms with van der Waals surface area (Å²) in [5.41, 5.74) is 0.887. The first-order valence-electron chi connectivity index (χ1n) is 8.86. The van der Waals surface area contributed by atoms with Crippen molar-refractivity contribution < 1.29 is 14.3 Å². The number of hydrogen-bond donors (Lipinski definition) is 0. The Bertz CT molecular complexity index is 524. The van der Waals surface area contributed by atoms with Gasteiger partial charge in [-0.3, -0.25) is 9.69 Å². The van der Waals surface area contributed by atoms with E-state index in [1.54, 1.807) is 26.0 Å². The third kappa shape index (κ3) is 7.49. The van der Waals surface area contributed by atoms with Crippen LogP contribution < -0.4 is 0 Å². The second-order valence-electron chi connectivity index (χ2n) is 6.34. The van der Waals surface area contributed by atoms with Gasteiger partial charge >= 0.3 is 5.12 Å². The highest BCUT2D eigenvalue weighted by atomic mass is 79.9. The van der Waals surface area contributed by atoms with Gasteiger partial charge in [-0.15, -0.1) is 12.4 Å². The van der Waals surface area contributed by atoms with Gasteiger partial charge in [0.2, 0.25) is 0 Å². The molecule has 0 amide bonds. The summed E-state index contributed by atoms with van der Waals surface area (Å²) in [7, 11) is 3.49. The summed E-state index contributed by atoms with van der Waals surface area (Å²) < 4.78 is 11.6. The zero-order valence-electron chi connectivity index (χ0n) is 15.5. The lowest BCUT2D eigenvalue weighted by Gasteiger charge is -2.38. The lowest BCUT2D eigenvalue weighted by Crippen LogP contribution is -2.47. The standard InChI is InChI=1S/C19H28BrNO3S.ClH/c1-23-13-11-21(12-14-24-2)17-5-3-4-6-18(17)25-19(22)15-7-9-16(20)10-8-15;/h7-10,17-18H,3-6,11-14H2,1-2H3;1H/p+1/t17-,18-;/m1./s1. The first-order valence-corrected chi connectivity index (χ1v) is 10.5. The number of carbonyl (C=O) groups excluding carboxylic acids is 1. The molecule has 2 atom stereocenters. The summed E-state index contributed by atoms with van der Waals surface area (Å²) in [6.45, 7) is 3.25. The summed E-state index contributed by atoms with van der Waals surface area (Å²) in [6, 6.07) is 8.29. The summed E-state index contributed by atoms with van der Waals surface area (Å²) in [6.07, 6.45) is 4.77. The van der Waals surface area contributed by atoms with E-state index in [2.05, 4.69) is 20.8 Å². The van der Waals surface area contributed by atoms with Crippen molar-refractivity contribution in [2.24, 2.45) is 0 Å². The van der Waals surface area contributed by atoms with Crippen LogP contribution in [0.3, 0.4) is 0 Å². The normalized spacial score (nSPS) is 20.0. The van der Waals surface area contributed by atoms with Crippen molar-refractivity contribution >= 4 is 45.2 Å². The van der Waals surface area contributed by atoms with Crippen LogP contribution in [-0.2, 0) is 9.47 Å². The number of methoxy groups -OCH3 is 2. The lowest BCUT2D eigenvalue weighted by atomic mass is 9.93. The quantitative estimate of drug-likeness (QED) is 0.506. The fourth-order valence-electron chi connectivity index (χ4n) is 3.30. The maximum atomic E-state index is 10.6. The molecular formula is C19H30BrClNO3S+. The lowest BCUT2D eigenvalue weighted by molar-refractivity contribution is 0.0764. The summed E-state index contributed by atoms with van der Waals surface area (Å²) in [4.78, 5) is 13.1. The molecule has 148 valence electrons. The Morgan fingerprint density at radius 2 is 1.69 bits per heavy atom. The minimum absolute atomic E-state index is 0. The van der Waals surface area contributed by atoms with Crippen molar-refractivity contribution in [1.82, 2.24) is 4.90 Å². The fourth-order valence-corrected chi connectivity index (χ4v) is 4.87. The summed E-state index contributed by atoms with van der Waals surface area (Å²) >= 11 is 5.06. The van der Waals surface area contributed by atoms with Crippen molar-refractivity contribution in [3.8, 4) is 0 Å². The Morgan fingerprint density at radius 3 is 2.27 bits per heavy atom. The zero-order valence-corrected chi connectivity index (χ0v) is 18.7. The van der Waals surface area contributed by atoms with Crippen LogP contribution >= 0.6 is 40.1 Å². The Balaban J connectivity index is 0.00000338. The molecule has 1 aromatic carbocycles. The van der Waals surface area contributed by atoms with Crippen LogP contribution in [-0.4, -0.2) is 66.6 Å². The van der Waals surface area contributed by atoms with Gasteiger partial charge in [0.1, 0.15) is 0 Å². The number of ether oxygens (including phenoxy) is 2. The van der Waals surface area contributed by atoms with Gasteiger partial charge in [0, 0.05) is 43.1 Å². The second-order valence-corrected chi connectivity index (χ2v) is 8.49. The molecule has 0 aromatic heterocycles. The van der Waals surface area contributed by atoms with Crippen LogP contribution in [0.15, 0.2) is 28.7 Å². The SMILES string of the molecule is COCCN(CCOC)[C@@H]1CCCC[C@H]1SC(=[OH+])c1ccc(Br)cc1.Cl. The summed E-state index contributed by atoms with van der Waals surface area (Å²) in [5.74, 6) is 0. The summed E-state index contributed by atoms with van der Waals surface area (Å²) in [5, 5.41) is 0.814. The molecule has 4 nitrogen and oxygen atoms in total. The van der Waals surface area contributed by atoms with Crippen LogP contribution in [0.2, 0.25) is 0 Å². The van der Waals surface area contributed by atoms with Crippen molar-refractivity contribution in [1.29, 1.82) is 0 Å². The van der Waals surface area contributed by atoms with Crippen LogP contribution in [0.5, 0.6) is 0 Å². The van der Waals surface area contributed by atoms with Gasteiger partial charge in [0.25, 0.3) is 0 Å². The highest BCUT2D eigenvalue weighted by Gasteiger charge is 2.34. The molecule has 1 aromatic rings. The van der Waals surface area contributed by atoms with Crippen LogP contribution in [0.1, 0.15) is 31.2 Å². The predicted molar refractivity (Wildman–Crippen MR) is 116 cm³/mol. The highest BCUT2D eigenvalue weighted by molar-refractivity contribution is 9.10. The average molecular weight is 468 g/mol. The van der Waals surface area contributed by atoms with Crippen molar-refractivity contribution in [3.63, 3.8) is 0 Å². The zero-order chi connectivity index (χ0) is 18.1. The molecule has 2 rings (SSSR count). The maximum Gasteiger partial charge on any atom is 0.382 e. The van der Waals surface area contributed by atoms with Gasteiger partial charge in [-0.25, -0.2) is 0 Å². The number of halogens is 2. The Labute approximate surface area is 175 Å². The number of nitrogens with zero attached hydrogens (tertiary/aromatic N) is 1. The van der Waals surface area contributed by atoms with E-state index in [1.807, 2.05) is 24.3 Å². The monoisotopic (exact) mass is 466 g/mol. The molecule has 0 radical (unpaired) electrons. The number of rotatable bonds is 9. The van der Waals surface area contributed by atoms with Crippen molar-refractivity contribution in [2.75, 3.05) is 40.5 Å². The van der Waals surface area contributed by atoms with E-state index in [9.17, 15) is 4.79 Å². The Morgan fingerprint density at radius 1 is 1.12 bits per heavy atom. The first-order chi connectivity index (χ1) is 12.2. The smallest absolute Gasteiger partial charge is 0.382 e. The Hall–Kier alpha value is -0.110. The first kappa shape index (κ1) is 23.9. The van der Waals surface area contributed by atoms with Gasteiger partial charge in [-0.2, -0.15) is 0 Å². The molecule has 0 heterocycles. The average Bonchev–Trinajstić information content (AvgIpc) is 2.63. The number of benzene rings is 1. The van der Waals surface area contributed by atoms with E-state index in [0.717, 1.165) is 42.8 Å². The Kier molecular flexibility index (Phi) is 12.1. The van der Waals surface area contributed by atoms with E-state index in [0.29, 0.717) is 16.4 Å². The molecule has 1 aliphatic rings. The van der Waals surface area contributed by atoms with Crippen LogP contribution in [0.25, 0.3) is 0 Å². The van der Waals surface area contributed by atoms with Gasteiger partial charge in [-0.1, -0.05) is 28.8 Å². The number of hydrogen-bond acceptors (Lipinski definition) is 4. The van der Waals surface area contributed by atoms with Gasteiger partial charge in [0.05, 0.1) is 18.8 Å². The topological polar surface area (TPSA) is 43.1 Å². The minimum Gasteiger partial charge on any atom is -0.383 e. The van der Waals surface area contributed by atoms with E-state index >= 15 is 0 Å². The molecule has 1 aliphatic carbocycles. The van der Waals surface area contributed by atoms with Crippen LogP contribution in [0, 0.1) is 0 Å². The van der Waals surface area contributed by atoms with Gasteiger partial charge in [-0.05, 0) is 48.9 Å². The van der Waals surface area contributed by atoms with E-state index in [4.69, 9.17) is 9.47 Å². The molecule has 1 N–H and O–H groups in total. The second kappa shape index (κ2) is 13.1. The molecule has 0 unspecified atom stereocenters. The molecule has 1 saturated carbocycles. The number of thioether (sulfide) groups is 1. The minimum atomic E-state index is 0. The molecule has 0 aliphatic heterocycles. The third-order valence-corrected chi connectivity index (χ3v) is 6.50. The highest BCUT2D eigenvalue weighted by Crippen LogP contribution is 2.33. The van der Waals surface area contributed by atoms with E-state index < -0.39 is 0 Å². The van der Waals surface area contributed by atoms with Gasteiger partial charge in [0.15, 0.2) is 0 Å². The molecule has 0 spiro atoms. The van der Waals surface area contributed by atoms with E-state index in [-0.39, 0.29) is 12.4 Å². The molecule has 7 heteroatoms. The maximum absolute atomic E-state index is 10.6.